The van der Waals surface area contributed by atoms with Gasteiger partial charge in [0, 0.05) is 36.6 Å². The third-order valence-corrected chi connectivity index (χ3v) is 10.2. The second-order valence-electron chi connectivity index (χ2n) is 14.2. The van der Waals surface area contributed by atoms with Gasteiger partial charge in [0.05, 0.1) is 29.3 Å². The summed E-state index contributed by atoms with van der Waals surface area (Å²) >= 11 is 6.42. The first-order chi connectivity index (χ1) is 22.6. The molecule has 2 aromatic heterocycles. The highest BCUT2D eigenvalue weighted by molar-refractivity contribution is 6.31. The second kappa shape index (κ2) is 12.4. The predicted molar refractivity (Wildman–Crippen MR) is 179 cm³/mol. The van der Waals surface area contributed by atoms with Crippen molar-refractivity contribution in [1.82, 2.24) is 34.6 Å². The highest BCUT2D eigenvalue weighted by atomic mass is 35.5. The minimum absolute atomic E-state index is 0.0166. The van der Waals surface area contributed by atoms with Gasteiger partial charge in [-0.25, -0.2) is 9.36 Å². The number of carbonyl (C=O) groups is 2. The monoisotopic (exact) mass is 655 g/mol. The Morgan fingerprint density at radius 1 is 1.00 bits per heavy atom. The maximum absolute atomic E-state index is 13.8. The summed E-state index contributed by atoms with van der Waals surface area (Å²) in [5.74, 6) is 1.19. The Hall–Kier alpha value is -4.18. The molecule has 0 N–H and O–H groups in total. The number of ether oxygens (including phenoxy) is 1. The number of aryl methyl sites for hydroxylation is 1. The Morgan fingerprint density at radius 3 is 2.43 bits per heavy atom. The molecule has 1 saturated carbocycles. The molecule has 246 valence electrons. The van der Waals surface area contributed by atoms with Crippen LogP contribution in [0.1, 0.15) is 97.7 Å². The molecule has 0 spiro atoms. The van der Waals surface area contributed by atoms with Gasteiger partial charge in [-0.3, -0.25) is 9.59 Å². The Bertz CT molecular complexity index is 1780. The molecule has 0 radical (unpaired) electrons. The summed E-state index contributed by atoms with van der Waals surface area (Å²) in [5.41, 5.74) is 5.55. The number of aromatic nitrogens is 5. The van der Waals surface area contributed by atoms with Gasteiger partial charge in [-0.2, -0.15) is 5.10 Å². The summed E-state index contributed by atoms with van der Waals surface area (Å²) in [6, 6.07) is 13.7. The zero-order valence-corrected chi connectivity index (χ0v) is 28.3. The van der Waals surface area contributed by atoms with Crippen LogP contribution in [0.15, 0.2) is 54.9 Å². The number of carbonyl (C=O) groups excluding carboxylic acids is 2. The van der Waals surface area contributed by atoms with E-state index >= 15 is 0 Å². The van der Waals surface area contributed by atoms with E-state index in [2.05, 4.69) is 48.3 Å². The number of likely N-dealkylation sites (tertiary alicyclic amines) is 2. The van der Waals surface area contributed by atoms with Gasteiger partial charge in [-0.15, -0.1) is 5.10 Å². The van der Waals surface area contributed by atoms with Crippen LogP contribution >= 0.6 is 11.6 Å². The van der Waals surface area contributed by atoms with Gasteiger partial charge in [0.1, 0.15) is 24.1 Å². The molecule has 47 heavy (non-hydrogen) atoms. The van der Waals surface area contributed by atoms with Crippen LogP contribution in [0, 0.1) is 6.92 Å². The highest BCUT2D eigenvalue weighted by Crippen LogP contribution is 2.43. The number of halogens is 1. The largest absolute Gasteiger partial charge is 0.487 e. The Kier molecular flexibility index (Phi) is 8.32. The smallest absolute Gasteiger partial charge is 0.257 e. The van der Waals surface area contributed by atoms with Crippen LogP contribution in [-0.4, -0.2) is 72.1 Å². The standard InChI is InChI=1S/C36H42ClN7O3/c1-23-5-10-28(19-31(23)37)44-33(24-6-7-24)30(20-38-44)34(45)41-16-13-27(14-17-41)42-18-15-32(35(42)46)43-21-26(39-40-43)22-47-29-11-8-25(9-12-29)36(2,3)4/h5,8-12,19-21,24,27,32H,6-7,13-18,22H2,1-4H3. The number of hydrogen-bond donors (Lipinski definition) is 0. The van der Waals surface area contributed by atoms with Gasteiger partial charge >= 0.3 is 0 Å². The Morgan fingerprint density at radius 2 is 1.74 bits per heavy atom. The number of nitrogens with zero attached hydrogens (tertiary/aromatic N) is 7. The van der Waals surface area contributed by atoms with Crippen LogP contribution in [0.2, 0.25) is 5.02 Å². The fraction of sp³-hybridized carbons (Fsp3) is 0.472. The first-order valence-electron chi connectivity index (χ1n) is 16.6. The number of amides is 2. The normalized spacial score (nSPS) is 19.1. The van der Waals surface area contributed by atoms with Gasteiger partial charge in [-0.05, 0) is 79.8 Å². The lowest BCUT2D eigenvalue weighted by atomic mass is 9.87. The second-order valence-corrected chi connectivity index (χ2v) is 14.6. The molecule has 11 heteroatoms. The van der Waals surface area contributed by atoms with Crippen LogP contribution in [0.3, 0.4) is 0 Å². The summed E-state index contributed by atoms with van der Waals surface area (Å²) in [6.45, 7) is 10.7. The van der Waals surface area contributed by atoms with E-state index in [-0.39, 0.29) is 35.9 Å². The number of piperidine rings is 1. The molecule has 10 nitrogen and oxygen atoms in total. The molecular weight excluding hydrogens is 614 g/mol. The molecule has 1 atom stereocenters. The molecule has 7 rings (SSSR count). The van der Waals surface area contributed by atoms with E-state index < -0.39 is 0 Å². The van der Waals surface area contributed by atoms with Crippen molar-refractivity contribution in [2.24, 2.45) is 0 Å². The minimum atomic E-state index is -0.371. The van der Waals surface area contributed by atoms with Crippen LogP contribution in [0.4, 0.5) is 0 Å². The lowest BCUT2D eigenvalue weighted by Gasteiger charge is -2.36. The lowest BCUT2D eigenvalue weighted by Crippen LogP contribution is -2.47. The maximum atomic E-state index is 13.8. The molecule has 2 aliphatic heterocycles. The lowest BCUT2D eigenvalue weighted by molar-refractivity contribution is -0.133. The Balaban J connectivity index is 0.947. The van der Waals surface area contributed by atoms with Gasteiger partial charge in [-0.1, -0.05) is 55.8 Å². The van der Waals surface area contributed by atoms with Gasteiger partial charge in [0.15, 0.2) is 0 Å². The van der Waals surface area contributed by atoms with E-state index in [0.717, 1.165) is 48.4 Å². The summed E-state index contributed by atoms with van der Waals surface area (Å²) < 4.78 is 9.51. The summed E-state index contributed by atoms with van der Waals surface area (Å²) in [5, 5.41) is 13.9. The van der Waals surface area contributed by atoms with E-state index in [1.54, 1.807) is 10.9 Å². The predicted octanol–water partition coefficient (Wildman–Crippen LogP) is 6.26. The molecule has 1 unspecified atom stereocenters. The average Bonchev–Trinajstić information content (AvgIpc) is 3.43. The van der Waals surface area contributed by atoms with Crippen molar-refractivity contribution in [2.45, 2.75) is 89.8 Å². The molecule has 3 aliphatic rings. The van der Waals surface area contributed by atoms with E-state index in [4.69, 9.17) is 16.3 Å². The topological polar surface area (TPSA) is 98.4 Å². The quantitative estimate of drug-likeness (QED) is 0.222. The Labute approximate surface area is 280 Å². The van der Waals surface area contributed by atoms with E-state index in [9.17, 15) is 9.59 Å². The van der Waals surface area contributed by atoms with Crippen molar-refractivity contribution < 1.29 is 14.3 Å². The first kappa shape index (κ1) is 31.4. The van der Waals surface area contributed by atoms with E-state index in [1.165, 1.54) is 5.56 Å². The van der Waals surface area contributed by atoms with Crippen molar-refractivity contribution in [3.05, 3.63) is 88.0 Å². The van der Waals surface area contributed by atoms with Crippen LogP contribution in [0.25, 0.3) is 5.69 Å². The van der Waals surface area contributed by atoms with Crippen molar-refractivity contribution in [1.29, 1.82) is 0 Å². The van der Waals surface area contributed by atoms with Gasteiger partial charge in [0.2, 0.25) is 5.91 Å². The van der Waals surface area contributed by atoms with Crippen molar-refractivity contribution in [3.63, 3.8) is 0 Å². The molecule has 2 amide bonds. The zero-order chi connectivity index (χ0) is 32.9. The average molecular weight is 656 g/mol. The van der Waals surface area contributed by atoms with Gasteiger partial charge < -0.3 is 14.5 Å². The van der Waals surface area contributed by atoms with Crippen LogP contribution in [0.5, 0.6) is 5.75 Å². The molecule has 3 fully saturated rings. The molecule has 4 aromatic rings. The fourth-order valence-corrected chi connectivity index (χ4v) is 6.95. The zero-order valence-electron chi connectivity index (χ0n) is 27.5. The third-order valence-electron chi connectivity index (χ3n) is 9.79. The van der Waals surface area contributed by atoms with Crippen molar-refractivity contribution in [2.75, 3.05) is 19.6 Å². The van der Waals surface area contributed by atoms with Gasteiger partial charge in [0.25, 0.3) is 5.91 Å². The molecule has 2 saturated heterocycles. The SMILES string of the molecule is Cc1ccc(-n2ncc(C(=O)N3CCC(N4CCC(n5cc(COc6ccc(C(C)(C)C)cc6)nn5)C4=O)CC3)c2C2CC2)cc1Cl. The first-order valence-corrected chi connectivity index (χ1v) is 17.0. The number of hydrogen-bond acceptors (Lipinski definition) is 6. The molecular formula is C36H42ClN7O3. The molecule has 0 bridgehead atoms. The maximum Gasteiger partial charge on any atom is 0.257 e. The van der Waals surface area contributed by atoms with E-state index in [0.29, 0.717) is 48.3 Å². The van der Waals surface area contributed by atoms with Crippen molar-refractivity contribution in [3.8, 4) is 11.4 Å². The fourth-order valence-electron chi connectivity index (χ4n) is 6.78. The molecule has 4 heterocycles. The number of rotatable bonds is 8. The summed E-state index contributed by atoms with van der Waals surface area (Å²) in [6.07, 6.45) is 7.81. The summed E-state index contributed by atoms with van der Waals surface area (Å²) in [7, 11) is 0. The molecule has 1 aliphatic carbocycles. The number of benzene rings is 2. The van der Waals surface area contributed by atoms with Crippen LogP contribution in [-0.2, 0) is 16.8 Å². The highest BCUT2D eigenvalue weighted by Gasteiger charge is 2.40. The van der Waals surface area contributed by atoms with Crippen LogP contribution < -0.4 is 4.74 Å². The summed E-state index contributed by atoms with van der Waals surface area (Å²) in [4.78, 5) is 31.2. The molecule has 2 aromatic carbocycles. The minimum Gasteiger partial charge on any atom is -0.487 e. The van der Waals surface area contributed by atoms with Crippen molar-refractivity contribution >= 4 is 23.4 Å². The van der Waals surface area contributed by atoms with E-state index in [1.807, 2.05) is 57.9 Å². The third kappa shape index (κ3) is 6.40.